The van der Waals surface area contributed by atoms with Gasteiger partial charge in [-0.2, -0.15) is 0 Å². The van der Waals surface area contributed by atoms with Crippen molar-refractivity contribution in [3.05, 3.63) is 0 Å². The number of aliphatic hydroxyl groups excluding tert-OH is 1. The van der Waals surface area contributed by atoms with E-state index in [0.29, 0.717) is 18.2 Å². The van der Waals surface area contributed by atoms with E-state index in [1.165, 1.54) is 6.42 Å². The first kappa shape index (κ1) is 13.3. The van der Waals surface area contributed by atoms with Crippen LogP contribution in [0.15, 0.2) is 0 Å². The van der Waals surface area contributed by atoms with E-state index >= 15 is 0 Å². The minimum absolute atomic E-state index is 0.177. The third-order valence-electron chi connectivity index (χ3n) is 4.01. The molecule has 1 aliphatic heterocycles. The summed E-state index contributed by atoms with van der Waals surface area (Å²) in [4.78, 5) is 2.23. The van der Waals surface area contributed by atoms with Crippen LogP contribution in [0, 0.1) is 5.92 Å². The van der Waals surface area contributed by atoms with E-state index < -0.39 is 9.84 Å². The molecule has 1 saturated heterocycles. The Morgan fingerprint density at radius 2 is 1.82 bits per heavy atom. The summed E-state index contributed by atoms with van der Waals surface area (Å²) in [6, 6.07) is 0. The van der Waals surface area contributed by atoms with E-state index in [1.807, 2.05) is 0 Å². The van der Waals surface area contributed by atoms with E-state index in [4.69, 9.17) is 0 Å². The summed E-state index contributed by atoms with van der Waals surface area (Å²) in [6.07, 6.45) is 4.90. The summed E-state index contributed by atoms with van der Waals surface area (Å²) in [5.74, 6) is 0.969. The number of sulfone groups is 1. The van der Waals surface area contributed by atoms with Gasteiger partial charge in [-0.3, -0.25) is 0 Å². The molecule has 2 rings (SSSR count). The maximum absolute atomic E-state index is 11.5. The van der Waals surface area contributed by atoms with E-state index in [9.17, 15) is 13.5 Å². The van der Waals surface area contributed by atoms with Crippen molar-refractivity contribution in [3.8, 4) is 0 Å². The summed E-state index contributed by atoms with van der Waals surface area (Å²) >= 11 is 0. The van der Waals surface area contributed by atoms with Crippen LogP contribution >= 0.6 is 0 Å². The molecule has 5 heteroatoms. The Balaban J connectivity index is 1.86. The van der Waals surface area contributed by atoms with Crippen molar-refractivity contribution in [2.24, 2.45) is 5.92 Å². The lowest BCUT2D eigenvalue weighted by Crippen LogP contribution is -2.38. The van der Waals surface area contributed by atoms with Crippen LogP contribution in [-0.4, -0.2) is 55.7 Å². The highest BCUT2D eigenvalue weighted by molar-refractivity contribution is 7.91. The van der Waals surface area contributed by atoms with Crippen molar-refractivity contribution in [1.82, 2.24) is 4.90 Å². The van der Waals surface area contributed by atoms with Crippen molar-refractivity contribution in [3.63, 3.8) is 0 Å². The predicted molar refractivity (Wildman–Crippen MR) is 67.7 cm³/mol. The van der Waals surface area contributed by atoms with Crippen LogP contribution < -0.4 is 0 Å². The molecule has 17 heavy (non-hydrogen) atoms. The Kier molecular flexibility index (Phi) is 4.44. The first-order chi connectivity index (χ1) is 8.07. The lowest BCUT2D eigenvalue weighted by atomic mass is 9.86. The predicted octanol–water partition coefficient (Wildman–Crippen LogP) is 0.658. The van der Waals surface area contributed by atoms with Crippen LogP contribution in [0.25, 0.3) is 0 Å². The maximum atomic E-state index is 11.5. The van der Waals surface area contributed by atoms with Crippen molar-refractivity contribution >= 4 is 9.84 Å². The molecule has 2 atom stereocenters. The van der Waals surface area contributed by atoms with Crippen LogP contribution in [0.3, 0.4) is 0 Å². The lowest BCUT2D eigenvalue weighted by molar-refractivity contribution is 0.0480. The number of nitrogens with zero attached hydrogens (tertiary/aromatic N) is 1. The van der Waals surface area contributed by atoms with Crippen LogP contribution in [0.4, 0.5) is 0 Å². The van der Waals surface area contributed by atoms with Gasteiger partial charge in [0.15, 0.2) is 9.84 Å². The molecule has 0 spiro atoms. The summed E-state index contributed by atoms with van der Waals surface area (Å²) in [5.41, 5.74) is 0. The Morgan fingerprint density at radius 1 is 1.06 bits per heavy atom. The van der Waals surface area contributed by atoms with Gasteiger partial charge in [0.25, 0.3) is 0 Å². The minimum Gasteiger partial charge on any atom is -0.393 e. The average Bonchev–Trinajstić information content (AvgIpc) is 2.44. The zero-order valence-electron chi connectivity index (χ0n) is 10.3. The van der Waals surface area contributed by atoms with Gasteiger partial charge in [0.05, 0.1) is 17.6 Å². The van der Waals surface area contributed by atoms with Gasteiger partial charge in [-0.25, -0.2) is 8.42 Å². The van der Waals surface area contributed by atoms with Gasteiger partial charge < -0.3 is 10.0 Å². The summed E-state index contributed by atoms with van der Waals surface area (Å²) in [6.45, 7) is 2.38. The number of rotatable bonds is 2. The Hall–Kier alpha value is -0.130. The molecule has 4 nitrogen and oxygen atoms in total. The van der Waals surface area contributed by atoms with Crippen LogP contribution in [-0.2, 0) is 9.84 Å². The van der Waals surface area contributed by atoms with Gasteiger partial charge in [-0.15, -0.1) is 0 Å². The monoisotopic (exact) mass is 261 g/mol. The molecule has 1 saturated carbocycles. The highest BCUT2D eigenvalue weighted by Gasteiger charge is 2.27. The molecule has 0 aromatic heterocycles. The normalized spacial score (nSPS) is 35.4. The lowest BCUT2D eigenvalue weighted by Gasteiger charge is -2.32. The molecule has 1 aliphatic carbocycles. The van der Waals surface area contributed by atoms with Gasteiger partial charge in [0, 0.05) is 13.1 Å². The van der Waals surface area contributed by atoms with Gasteiger partial charge in [-0.1, -0.05) is 12.8 Å². The average molecular weight is 261 g/mol. The molecule has 1 N–H and O–H groups in total. The Morgan fingerprint density at radius 3 is 2.59 bits per heavy atom. The molecule has 0 radical (unpaired) electrons. The van der Waals surface area contributed by atoms with Crippen molar-refractivity contribution in [2.45, 2.75) is 38.2 Å². The zero-order valence-corrected chi connectivity index (χ0v) is 11.2. The summed E-state index contributed by atoms with van der Waals surface area (Å²) < 4.78 is 23.0. The van der Waals surface area contributed by atoms with E-state index in [1.54, 1.807) is 0 Å². The Bertz CT molecular complexity index is 342. The van der Waals surface area contributed by atoms with Gasteiger partial charge >= 0.3 is 0 Å². The van der Waals surface area contributed by atoms with Gasteiger partial charge in [0.2, 0.25) is 0 Å². The molecular weight excluding hydrogens is 238 g/mol. The highest BCUT2D eigenvalue weighted by Crippen LogP contribution is 2.25. The number of hydrogen-bond acceptors (Lipinski definition) is 4. The highest BCUT2D eigenvalue weighted by atomic mass is 32.2. The topological polar surface area (TPSA) is 57.6 Å². The number of hydrogen-bond donors (Lipinski definition) is 1. The first-order valence-corrected chi connectivity index (χ1v) is 8.50. The van der Waals surface area contributed by atoms with Crippen LogP contribution in [0.5, 0.6) is 0 Å². The molecule has 100 valence electrons. The van der Waals surface area contributed by atoms with Crippen molar-refractivity contribution < 1.29 is 13.5 Å². The maximum Gasteiger partial charge on any atom is 0.151 e. The van der Waals surface area contributed by atoms with Gasteiger partial charge in [-0.05, 0) is 31.7 Å². The molecule has 2 fully saturated rings. The largest absolute Gasteiger partial charge is 0.393 e. The molecule has 0 aromatic carbocycles. The fraction of sp³-hybridized carbons (Fsp3) is 1.00. The van der Waals surface area contributed by atoms with E-state index in [-0.39, 0.29) is 11.9 Å². The fourth-order valence-electron chi connectivity index (χ4n) is 2.91. The van der Waals surface area contributed by atoms with Crippen LogP contribution in [0.1, 0.15) is 32.1 Å². The molecular formula is C12H23NO3S. The Labute approximate surface area is 104 Å². The SMILES string of the molecule is O=S1(=O)CCCN(CC2CCCCC2O)CC1. The molecule has 1 heterocycles. The second-order valence-corrected chi connectivity index (χ2v) is 7.72. The van der Waals surface area contributed by atoms with Gasteiger partial charge in [0.1, 0.15) is 0 Å². The third-order valence-corrected chi connectivity index (χ3v) is 5.73. The molecule has 2 aliphatic rings. The van der Waals surface area contributed by atoms with E-state index in [0.717, 1.165) is 38.8 Å². The molecule has 0 aromatic rings. The summed E-state index contributed by atoms with van der Waals surface area (Å²) in [5, 5.41) is 9.93. The smallest absolute Gasteiger partial charge is 0.151 e. The van der Waals surface area contributed by atoms with Crippen LogP contribution in [0.2, 0.25) is 0 Å². The molecule has 2 unspecified atom stereocenters. The zero-order chi connectivity index (χ0) is 12.3. The van der Waals surface area contributed by atoms with E-state index in [2.05, 4.69) is 4.90 Å². The second kappa shape index (κ2) is 5.67. The molecule has 0 bridgehead atoms. The third kappa shape index (κ3) is 3.93. The fourth-order valence-corrected chi connectivity index (χ4v) is 4.21. The number of aliphatic hydroxyl groups is 1. The minimum atomic E-state index is -2.81. The standard InChI is InChI=1S/C12H23NO3S/c14-12-5-2-1-4-11(12)10-13-6-3-8-17(15,16)9-7-13/h11-12,14H,1-10H2. The van der Waals surface area contributed by atoms with Crippen molar-refractivity contribution in [2.75, 3.05) is 31.1 Å². The second-order valence-electron chi connectivity index (χ2n) is 5.42. The first-order valence-electron chi connectivity index (χ1n) is 6.68. The van der Waals surface area contributed by atoms with Crippen molar-refractivity contribution in [1.29, 1.82) is 0 Å². The summed E-state index contributed by atoms with van der Waals surface area (Å²) in [7, 11) is -2.81. The molecule has 0 amide bonds. The quantitative estimate of drug-likeness (QED) is 0.793.